The minimum Gasteiger partial charge on any atom is -0.468 e. The minimum absolute atomic E-state index is 0.206. The van der Waals surface area contributed by atoms with Crippen LogP contribution in [0.1, 0.15) is 25.5 Å². The Morgan fingerprint density at radius 1 is 1.44 bits per heavy atom. The molecule has 0 atom stereocenters. The average Bonchev–Trinajstić information content (AvgIpc) is 2.32. The number of esters is 1. The number of rotatable bonds is 4. The number of hydrogen-bond donors (Lipinski definition) is 0. The van der Waals surface area contributed by atoms with Crippen LogP contribution < -0.4 is 11.2 Å². The molecule has 100 valence electrons. The van der Waals surface area contributed by atoms with E-state index in [0.29, 0.717) is 10.9 Å². The molecule has 0 saturated carbocycles. The number of nitrogens with zero attached hydrogens (tertiary/aromatic N) is 2. The van der Waals surface area contributed by atoms with E-state index >= 15 is 0 Å². The van der Waals surface area contributed by atoms with Crippen LogP contribution >= 0.6 is 15.9 Å². The minimum atomic E-state index is -0.536. The van der Waals surface area contributed by atoms with Crippen molar-refractivity contribution in [2.24, 2.45) is 0 Å². The second kappa shape index (κ2) is 5.99. The maximum Gasteiger partial charge on any atom is 0.331 e. The first-order valence-corrected chi connectivity index (χ1v) is 6.52. The lowest BCUT2D eigenvalue weighted by Gasteiger charge is -2.13. The van der Waals surface area contributed by atoms with Crippen molar-refractivity contribution in [2.45, 2.75) is 31.8 Å². The highest BCUT2D eigenvalue weighted by Crippen LogP contribution is 2.01. The van der Waals surface area contributed by atoms with E-state index in [1.165, 1.54) is 17.9 Å². The van der Waals surface area contributed by atoms with Gasteiger partial charge in [0.25, 0.3) is 5.56 Å². The average molecular weight is 319 g/mol. The molecule has 0 spiro atoms. The number of carbonyl (C=O) groups excluding carboxylic acids is 1. The molecule has 0 radical (unpaired) electrons. The molecule has 1 aromatic heterocycles. The highest BCUT2D eigenvalue weighted by Gasteiger charge is 2.14. The Hall–Kier alpha value is -1.37. The van der Waals surface area contributed by atoms with Crippen molar-refractivity contribution in [3.05, 3.63) is 32.6 Å². The van der Waals surface area contributed by atoms with E-state index in [2.05, 4.69) is 20.7 Å². The molecule has 0 bridgehead atoms. The maximum absolute atomic E-state index is 12.1. The monoisotopic (exact) mass is 318 g/mol. The third-order valence-electron chi connectivity index (χ3n) is 2.44. The smallest absolute Gasteiger partial charge is 0.331 e. The van der Waals surface area contributed by atoms with Gasteiger partial charge < -0.3 is 4.74 Å². The Bertz CT molecular complexity index is 559. The SMILES string of the molecule is COC(=O)Cn1cc(CBr)c(=O)n(C(C)C)c1=O. The van der Waals surface area contributed by atoms with Gasteiger partial charge >= 0.3 is 11.7 Å². The second-order valence-electron chi connectivity index (χ2n) is 4.04. The summed E-state index contributed by atoms with van der Waals surface area (Å²) < 4.78 is 6.82. The molecule has 0 aliphatic rings. The largest absolute Gasteiger partial charge is 0.468 e. The van der Waals surface area contributed by atoms with Crippen LogP contribution in [0, 0.1) is 0 Å². The number of alkyl halides is 1. The molecule has 6 nitrogen and oxygen atoms in total. The fraction of sp³-hybridized carbons (Fsp3) is 0.545. The zero-order valence-electron chi connectivity index (χ0n) is 10.5. The molecule has 7 heteroatoms. The third kappa shape index (κ3) is 2.90. The van der Waals surface area contributed by atoms with Crippen molar-refractivity contribution in [2.75, 3.05) is 7.11 Å². The Morgan fingerprint density at radius 3 is 2.50 bits per heavy atom. The number of hydrogen-bond acceptors (Lipinski definition) is 4. The van der Waals surface area contributed by atoms with Crippen LogP contribution in [-0.4, -0.2) is 22.2 Å². The summed E-state index contributed by atoms with van der Waals surface area (Å²) in [4.78, 5) is 35.2. The number of carbonyl (C=O) groups is 1. The molecular formula is C11H15BrN2O4. The van der Waals surface area contributed by atoms with E-state index in [-0.39, 0.29) is 18.1 Å². The molecule has 1 rings (SSSR count). The van der Waals surface area contributed by atoms with Crippen LogP contribution in [0.15, 0.2) is 15.8 Å². The van der Waals surface area contributed by atoms with Gasteiger partial charge in [0.2, 0.25) is 0 Å². The molecule has 0 fully saturated rings. The molecule has 1 heterocycles. The molecule has 0 N–H and O–H groups in total. The summed E-state index contributed by atoms with van der Waals surface area (Å²) >= 11 is 3.19. The predicted octanol–water partition coefficient (Wildman–Crippen LogP) is 0.659. The first kappa shape index (κ1) is 14.7. The Balaban J connectivity index is 3.45. The number of aromatic nitrogens is 2. The van der Waals surface area contributed by atoms with Crippen LogP contribution in [-0.2, 0) is 21.4 Å². The second-order valence-corrected chi connectivity index (χ2v) is 4.60. The van der Waals surface area contributed by atoms with Crippen LogP contribution in [0.2, 0.25) is 0 Å². The lowest BCUT2D eigenvalue weighted by atomic mass is 10.3. The summed E-state index contributed by atoms with van der Waals surface area (Å²) in [7, 11) is 1.25. The summed E-state index contributed by atoms with van der Waals surface area (Å²) in [6.07, 6.45) is 1.38. The fourth-order valence-electron chi connectivity index (χ4n) is 1.54. The van der Waals surface area contributed by atoms with Crippen LogP contribution in [0.4, 0.5) is 0 Å². The van der Waals surface area contributed by atoms with Gasteiger partial charge in [0.15, 0.2) is 0 Å². The van der Waals surface area contributed by atoms with Gasteiger partial charge in [-0.3, -0.25) is 18.7 Å². The normalized spacial score (nSPS) is 10.7. The van der Waals surface area contributed by atoms with Gasteiger partial charge in [0.05, 0.1) is 7.11 Å². The van der Waals surface area contributed by atoms with Gasteiger partial charge in [-0.2, -0.15) is 0 Å². The van der Waals surface area contributed by atoms with Gasteiger partial charge in [-0.15, -0.1) is 0 Å². The van der Waals surface area contributed by atoms with Crippen molar-refractivity contribution in [3.63, 3.8) is 0 Å². The van der Waals surface area contributed by atoms with Crippen LogP contribution in [0.3, 0.4) is 0 Å². The lowest BCUT2D eigenvalue weighted by Crippen LogP contribution is -2.43. The predicted molar refractivity (Wildman–Crippen MR) is 70.0 cm³/mol. The zero-order valence-corrected chi connectivity index (χ0v) is 12.1. The Morgan fingerprint density at radius 2 is 2.06 bits per heavy atom. The Kier molecular flexibility index (Phi) is 4.89. The molecule has 0 amide bonds. The van der Waals surface area contributed by atoms with Gasteiger partial charge in [0, 0.05) is 23.1 Å². The number of methoxy groups -OCH3 is 1. The van der Waals surface area contributed by atoms with Crippen molar-refractivity contribution in [1.82, 2.24) is 9.13 Å². The first-order chi connectivity index (χ1) is 8.42. The quantitative estimate of drug-likeness (QED) is 0.604. The molecule has 0 saturated heterocycles. The molecular weight excluding hydrogens is 304 g/mol. The van der Waals surface area contributed by atoms with E-state index in [1.807, 2.05) is 0 Å². The zero-order chi connectivity index (χ0) is 13.9. The van der Waals surface area contributed by atoms with Gasteiger partial charge in [-0.1, -0.05) is 15.9 Å². The lowest BCUT2D eigenvalue weighted by molar-refractivity contribution is -0.141. The van der Waals surface area contributed by atoms with Crippen molar-refractivity contribution >= 4 is 21.9 Å². The van der Waals surface area contributed by atoms with Crippen LogP contribution in [0.5, 0.6) is 0 Å². The summed E-state index contributed by atoms with van der Waals surface area (Å²) in [5.41, 5.74) is -0.426. The van der Waals surface area contributed by atoms with Crippen molar-refractivity contribution in [1.29, 1.82) is 0 Å². The summed E-state index contributed by atoms with van der Waals surface area (Å²) in [5.74, 6) is -0.536. The van der Waals surface area contributed by atoms with E-state index in [1.54, 1.807) is 13.8 Å². The van der Waals surface area contributed by atoms with Crippen molar-refractivity contribution < 1.29 is 9.53 Å². The molecule has 0 aliphatic carbocycles. The molecule has 1 aromatic rings. The highest BCUT2D eigenvalue weighted by atomic mass is 79.9. The molecule has 0 unspecified atom stereocenters. The molecule has 0 aliphatic heterocycles. The maximum atomic E-state index is 12.1. The van der Waals surface area contributed by atoms with Gasteiger partial charge in [-0.25, -0.2) is 4.79 Å². The fourth-order valence-corrected chi connectivity index (χ4v) is 1.93. The van der Waals surface area contributed by atoms with Gasteiger partial charge in [-0.05, 0) is 13.8 Å². The number of halogens is 1. The van der Waals surface area contributed by atoms with Crippen molar-refractivity contribution in [3.8, 4) is 0 Å². The summed E-state index contributed by atoms with van der Waals surface area (Å²) in [6.45, 7) is 3.27. The Labute approximate surface area is 112 Å². The number of ether oxygens (including phenoxy) is 1. The standard InChI is InChI=1S/C11H15BrN2O4/c1-7(2)14-10(16)8(4-12)5-13(11(14)17)6-9(15)18-3/h5,7H,4,6H2,1-3H3. The molecule has 18 heavy (non-hydrogen) atoms. The van der Waals surface area contributed by atoms with Gasteiger partial charge in [0.1, 0.15) is 6.54 Å². The summed E-state index contributed by atoms with van der Waals surface area (Å²) in [5, 5.41) is 0.319. The van der Waals surface area contributed by atoms with E-state index in [0.717, 1.165) is 4.57 Å². The van der Waals surface area contributed by atoms with E-state index in [4.69, 9.17) is 0 Å². The summed E-state index contributed by atoms with van der Waals surface area (Å²) in [6, 6.07) is -0.270. The van der Waals surface area contributed by atoms with Crippen LogP contribution in [0.25, 0.3) is 0 Å². The molecule has 0 aromatic carbocycles. The highest BCUT2D eigenvalue weighted by molar-refractivity contribution is 9.08. The third-order valence-corrected chi connectivity index (χ3v) is 3.05. The van der Waals surface area contributed by atoms with E-state index in [9.17, 15) is 14.4 Å². The first-order valence-electron chi connectivity index (χ1n) is 5.40. The topological polar surface area (TPSA) is 70.3 Å². The van der Waals surface area contributed by atoms with E-state index < -0.39 is 11.7 Å².